The second-order valence-electron chi connectivity index (χ2n) is 5.60. The van der Waals surface area contributed by atoms with Crippen molar-refractivity contribution >= 4 is 13.7 Å². The minimum absolute atomic E-state index is 0.0329. The molecule has 0 aliphatic carbocycles. The van der Waals surface area contributed by atoms with Gasteiger partial charge in [0.15, 0.2) is 0 Å². The van der Waals surface area contributed by atoms with E-state index in [2.05, 4.69) is 4.99 Å². The lowest BCUT2D eigenvalue weighted by atomic mass is 10.1. The summed E-state index contributed by atoms with van der Waals surface area (Å²) >= 11 is 0. The predicted octanol–water partition coefficient (Wildman–Crippen LogP) is 4.18. The molecule has 0 fully saturated rings. The summed E-state index contributed by atoms with van der Waals surface area (Å²) in [5.41, 5.74) is 0. The zero-order chi connectivity index (χ0) is 15.8. The van der Waals surface area contributed by atoms with Crippen LogP contribution in [0.4, 0.5) is 0 Å². The Bertz CT molecular complexity index is 324. The summed E-state index contributed by atoms with van der Waals surface area (Å²) in [5.74, 6) is 0. The van der Waals surface area contributed by atoms with E-state index in [1.165, 1.54) is 44.9 Å². The second-order valence-corrected chi connectivity index (χ2v) is 7.38. The SMILES string of the molecule is O=C=NCCCCCCCCCCCCCCP(=O)(O)O. The summed E-state index contributed by atoms with van der Waals surface area (Å²) in [7, 11) is -3.78. The van der Waals surface area contributed by atoms with Gasteiger partial charge in [0.25, 0.3) is 0 Å². The van der Waals surface area contributed by atoms with Crippen molar-refractivity contribution in [1.29, 1.82) is 0 Å². The number of isocyanates is 1. The van der Waals surface area contributed by atoms with Gasteiger partial charge in [0.1, 0.15) is 0 Å². The molecular weight excluding hydrogens is 289 g/mol. The number of nitrogens with zero attached hydrogens (tertiary/aromatic N) is 1. The molecule has 0 aliphatic heterocycles. The molecule has 0 bridgehead atoms. The quantitative estimate of drug-likeness (QED) is 0.205. The Balaban J connectivity index is 3.06. The van der Waals surface area contributed by atoms with Gasteiger partial charge in [-0.2, -0.15) is 0 Å². The molecule has 124 valence electrons. The van der Waals surface area contributed by atoms with Gasteiger partial charge in [-0.15, -0.1) is 0 Å². The maximum Gasteiger partial charge on any atom is 0.325 e. The normalized spacial score (nSPS) is 11.3. The van der Waals surface area contributed by atoms with Crippen LogP contribution >= 0.6 is 7.60 Å². The van der Waals surface area contributed by atoms with E-state index in [9.17, 15) is 9.36 Å². The maximum absolute atomic E-state index is 10.6. The molecule has 0 aromatic rings. The fourth-order valence-electron chi connectivity index (χ4n) is 2.32. The van der Waals surface area contributed by atoms with Crippen LogP contribution in [0.2, 0.25) is 0 Å². The highest BCUT2D eigenvalue weighted by Gasteiger charge is 2.10. The Morgan fingerprint density at radius 3 is 1.48 bits per heavy atom. The maximum atomic E-state index is 10.6. The number of unbranched alkanes of at least 4 members (excludes halogenated alkanes) is 11. The summed E-state index contributed by atoms with van der Waals surface area (Å²) < 4.78 is 10.6. The lowest BCUT2D eigenvalue weighted by Gasteiger charge is -2.04. The van der Waals surface area contributed by atoms with E-state index in [0.29, 0.717) is 13.0 Å². The van der Waals surface area contributed by atoms with Crippen molar-refractivity contribution in [2.45, 2.75) is 77.0 Å². The molecule has 0 aliphatic rings. The molecule has 6 heteroatoms. The number of hydrogen-bond acceptors (Lipinski definition) is 3. The summed E-state index contributed by atoms with van der Waals surface area (Å²) in [4.78, 5) is 30.8. The zero-order valence-corrected chi connectivity index (χ0v) is 13.9. The van der Waals surface area contributed by atoms with E-state index in [1.54, 1.807) is 6.08 Å². The van der Waals surface area contributed by atoms with E-state index in [0.717, 1.165) is 25.7 Å². The van der Waals surface area contributed by atoms with Crippen LogP contribution in [0.25, 0.3) is 0 Å². The van der Waals surface area contributed by atoms with Crippen molar-refractivity contribution in [2.75, 3.05) is 12.7 Å². The molecule has 0 saturated heterocycles. The van der Waals surface area contributed by atoms with Gasteiger partial charge < -0.3 is 9.79 Å². The van der Waals surface area contributed by atoms with Gasteiger partial charge in [0, 0.05) is 6.16 Å². The lowest BCUT2D eigenvalue weighted by molar-refractivity contribution is 0.370. The molecule has 0 saturated carbocycles. The molecule has 0 spiro atoms. The monoisotopic (exact) mass is 319 g/mol. The number of aliphatic imine (C=N–C) groups is 1. The van der Waals surface area contributed by atoms with Crippen molar-refractivity contribution in [2.24, 2.45) is 4.99 Å². The topological polar surface area (TPSA) is 87.0 Å². The number of carbonyl (C=O) groups excluding carboxylic acids is 1. The van der Waals surface area contributed by atoms with E-state index in [1.807, 2.05) is 0 Å². The molecule has 0 amide bonds. The highest BCUT2D eigenvalue weighted by Crippen LogP contribution is 2.35. The van der Waals surface area contributed by atoms with Gasteiger partial charge >= 0.3 is 7.60 Å². The summed E-state index contributed by atoms with van der Waals surface area (Å²) in [6.07, 6.45) is 15.0. The average Bonchev–Trinajstić information content (AvgIpc) is 2.42. The Kier molecular flexibility index (Phi) is 14.1. The second kappa shape index (κ2) is 14.5. The van der Waals surface area contributed by atoms with Crippen LogP contribution < -0.4 is 0 Å². The highest BCUT2D eigenvalue weighted by molar-refractivity contribution is 7.51. The summed E-state index contributed by atoms with van der Waals surface area (Å²) in [5, 5.41) is 0. The third-order valence-electron chi connectivity index (χ3n) is 3.53. The first kappa shape index (κ1) is 20.5. The first-order chi connectivity index (χ1) is 10.1. The lowest BCUT2D eigenvalue weighted by Crippen LogP contribution is -1.88. The van der Waals surface area contributed by atoms with Gasteiger partial charge in [0.2, 0.25) is 6.08 Å². The van der Waals surface area contributed by atoms with E-state index in [-0.39, 0.29) is 6.16 Å². The largest absolute Gasteiger partial charge is 0.325 e. The Morgan fingerprint density at radius 2 is 1.10 bits per heavy atom. The third kappa shape index (κ3) is 19.5. The van der Waals surface area contributed by atoms with E-state index >= 15 is 0 Å². The number of hydrogen-bond donors (Lipinski definition) is 2. The molecule has 0 heterocycles. The molecule has 5 nitrogen and oxygen atoms in total. The molecule has 0 radical (unpaired) electrons. The Morgan fingerprint density at radius 1 is 0.714 bits per heavy atom. The van der Waals surface area contributed by atoms with Crippen LogP contribution in [0.1, 0.15) is 77.0 Å². The van der Waals surface area contributed by atoms with Crippen LogP contribution in [0.15, 0.2) is 4.99 Å². The van der Waals surface area contributed by atoms with Crippen LogP contribution in [0, 0.1) is 0 Å². The molecular formula is C15H30NO4P. The van der Waals surface area contributed by atoms with Crippen LogP contribution in [-0.2, 0) is 9.36 Å². The van der Waals surface area contributed by atoms with Gasteiger partial charge in [-0.25, -0.2) is 9.79 Å². The Hall–Kier alpha value is -0.470. The molecule has 0 atom stereocenters. The van der Waals surface area contributed by atoms with Crippen LogP contribution in [0.3, 0.4) is 0 Å². The van der Waals surface area contributed by atoms with Crippen molar-refractivity contribution in [1.82, 2.24) is 0 Å². The molecule has 0 rings (SSSR count). The third-order valence-corrected chi connectivity index (χ3v) is 4.43. The first-order valence-corrected chi connectivity index (χ1v) is 9.94. The molecule has 2 N–H and O–H groups in total. The van der Waals surface area contributed by atoms with Crippen molar-refractivity contribution in [3.63, 3.8) is 0 Å². The first-order valence-electron chi connectivity index (χ1n) is 8.14. The fraction of sp³-hybridized carbons (Fsp3) is 0.933. The molecule has 0 aromatic heterocycles. The van der Waals surface area contributed by atoms with Gasteiger partial charge in [-0.05, 0) is 12.8 Å². The van der Waals surface area contributed by atoms with Gasteiger partial charge in [-0.3, -0.25) is 4.57 Å². The summed E-state index contributed by atoms with van der Waals surface area (Å²) in [6.45, 7) is 0.617. The smallest absolute Gasteiger partial charge is 0.324 e. The average molecular weight is 319 g/mol. The van der Waals surface area contributed by atoms with Crippen molar-refractivity contribution in [3.8, 4) is 0 Å². The summed E-state index contributed by atoms with van der Waals surface area (Å²) in [6, 6.07) is 0. The molecule has 0 aromatic carbocycles. The number of rotatable bonds is 15. The van der Waals surface area contributed by atoms with Crippen LogP contribution in [0.5, 0.6) is 0 Å². The fourth-order valence-corrected chi connectivity index (χ4v) is 2.96. The minimum atomic E-state index is -3.78. The molecule has 21 heavy (non-hydrogen) atoms. The van der Waals surface area contributed by atoms with E-state index < -0.39 is 7.60 Å². The van der Waals surface area contributed by atoms with Crippen molar-refractivity contribution < 1.29 is 19.1 Å². The standard InChI is InChI=1S/C15H30NO4P/c17-15-16-13-11-9-7-5-3-1-2-4-6-8-10-12-14-21(18,19)20/h1-14H2,(H2,18,19,20). The van der Waals surface area contributed by atoms with Crippen molar-refractivity contribution in [3.05, 3.63) is 0 Å². The zero-order valence-electron chi connectivity index (χ0n) is 13.0. The van der Waals surface area contributed by atoms with Gasteiger partial charge in [0.05, 0.1) is 6.54 Å². The highest BCUT2D eigenvalue weighted by atomic mass is 31.2. The predicted molar refractivity (Wildman–Crippen MR) is 85.3 cm³/mol. The van der Waals surface area contributed by atoms with Crippen LogP contribution in [-0.4, -0.2) is 28.6 Å². The molecule has 0 unspecified atom stereocenters. The van der Waals surface area contributed by atoms with Gasteiger partial charge in [-0.1, -0.05) is 64.2 Å². The van der Waals surface area contributed by atoms with E-state index in [4.69, 9.17) is 9.79 Å². The Labute approximate surface area is 128 Å². The minimum Gasteiger partial charge on any atom is -0.324 e.